The van der Waals surface area contributed by atoms with Crippen LogP contribution in [0, 0.1) is 5.82 Å². The monoisotopic (exact) mass is 389 g/mol. The van der Waals surface area contributed by atoms with Crippen LogP contribution in [0.3, 0.4) is 0 Å². The predicted molar refractivity (Wildman–Crippen MR) is 94.6 cm³/mol. The van der Waals surface area contributed by atoms with Gasteiger partial charge >= 0.3 is 0 Å². The highest BCUT2D eigenvalue weighted by molar-refractivity contribution is 6.36. The largest absolute Gasteiger partial charge is 0.329 e. The summed E-state index contributed by atoms with van der Waals surface area (Å²) in [6, 6.07) is 5.90. The minimum Gasteiger partial charge on any atom is -0.329 e. The van der Waals surface area contributed by atoms with Crippen LogP contribution in [0.2, 0.25) is 10.0 Å². The molecule has 128 valence electrons. The van der Waals surface area contributed by atoms with Crippen LogP contribution in [-0.2, 0) is 0 Å². The molecule has 1 amide bonds. The van der Waals surface area contributed by atoms with Crippen LogP contribution in [0.25, 0.3) is 0 Å². The highest BCUT2D eigenvalue weighted by Crippen LogP contribution is 2.29. The molecular formula is C16H15Cl3FN3O. The van der Waals surface area contributed by atoms with Crippen molar-refractivity contribution in [3.8, 4) is 0 Å². The number of hydrogen-bond donors (Lipinski definition) is 1. The molecule has 0 spiro atoms. The van der Waals surface area contributed by atoms with Gasteiger partial charge in [0.15, 0.2) is 0 Å². The summed E-state index contributed by atoms with van der Waals surface area (Å²) in [5, 5.41) is 3.30. The van der Waals surface area contributed by atoms with Gasteiger partial charge in [-0.3, -0.25) is 9.78 Å². The molecule has 1 aliphatic heterocycles. The van der Waals surface area contributed by atoms with E-state index in [1.165, 1.54) is 6.07 Å². The van der Waals surface area contributed by atoms with Gasteiger partial charge in [-0.05, 0) is 23.8 Å². The molecule has 2 heterocycles. The van der Waals surface area contributed by atoms with Gasteiger partial charge in [0, 0.05) is 32.0 Å². The summed E-state index contributed by atoms with van der Waals surface area (Å²) in [5.74, 6) is -0.978. The van der Waals surface area contributed by atoms with Gasteiger partial charge in [-0.2, -0.15) is 0 Å². The Balaban J connectivity index is 0.00000208. The van der Waals surface area contributed by atoms with Gasteiger partial charge in [0.25, 0.3) is 5.91 Å². The second-order valence-corrected chi connectivity index (χ2v) is 6.07. The lowest BCUT2D eigenvalue weighted by atomic mass is 10.0. The fraction of sp³-hybridized carbons (Fsp3) is 0.250. The number of carbonyl (C=O) groups is 1. The third-order valence-electron chi connectivity index (χ3n) is 3.81. The van der Waals surface area contributed by atoms with Crippen molar-refractivity contribution < 1.29 is 9.18 Å². The number of pyridine rings is 1. The Labute approximate surface area is 155 Å². The number of amides is 1. The molecule has 1 aromatic heterocycles. The molecule has 1 unspecified atom stereocenters. The summed E-state index contributed by atoms with van der Waals surface area (Å²) in [6.45, 7) is 1.76. The second-order valence-electron chi connectivity index (χ2n) is 5.25. The zero-order chi connectivity index (χ0) is 16.4. The molecule has 1 N–H and O–H groups in total. The number of benzene rings is 1. The molecular weight excluding hydrogens is 376 g/mol. The zero-order valence-electron chi connectivity index (χ0n) is 12.5. The topological polar surface area (TPSA) is 45.2 Å². The molecule has 1 aromatic carbocycles. The quantitative estimate of drug-likeness (QED) is 0.795. The Morgan fingerprint density at radius 2 is 2.12 bits per heavy atom. The second kappa shape index (κ2) is 8.12. The third-order valence-corrected chi connectivity index (χ3v) is 4.42. The lowest BCUT2D eigenvalue weighted by Gasteiger charge is -2.36. The number of rotatable bonds is 2. The maximum Gasteiger partial charge on any atom is 0.256 e. The molecule has 24 heavy (non-hydrogen) atoms. The van der Waals surface area contributed by atoms with Crippen molar-refractivity contribution in [3.05, 3.63) is 63.6 Å². The highest BCUT2D eigenvalue weighted by Gasteiger charge is 2.30. The van der Waals surface area contributed by atoms with Gasteiger partial charge < -0.3 is 10.2 Å². The van der Waals surface area contributed by atoms with E-state index < -0.39 is 5.82 Å². The first-order chi connectivity index (χ1) is 11.1. The lowest BCUT2D eigenvalue weighted by Crippen LogP contribution is -2.48. The maximum absolute atomic E-state index is 13.7. The van der Waals surface area contributed by atoms with Crippen LogP contribution in [0.15, 0.2) is 36.7 Å². The number of hydrogen-bond acceptors (Lipinski definition) is 3. The summed E-state index contributed by atoms with van der Waals surface area (Å²) in [7, 11) is 0. The summed E-state index contributed by atoms with van der Waals surface area (Å²) in [4.78, 5) is 18.6. The normalized spacial score (nSPS) is 17.3. The van der Waals surface area contributed by atoms with E-state index in [0.29, 0.717) is 19.6 Å². The minimum absolute atomic E-state index is 0. The third kappa shape index (κ3) is 3.81. The SMILES string of the molecule is Cl.O=C(c1cc(F)c(Cl)cc1Cl)N1CCNCC1c1cccnc1. The van der Waals surface area contributed by atoms with E-state index in [4.69, 9.17) is 23.2 Å². The van der Waals surface area contributed by atoms with E-state index in [-0.39, 0.29) is 40.0 Å². The molecule has 0 aliphatic carbocycles. The standard InChI is InChI=1S/C16H14Cl2FN3O.ClH/c17-12-7-13(18)14(19)6-11(12)16(23)22-5-4-21-9-15(22)10-2-1-3-20-8-10;/h1-3,6-8,15,21H,4-5,9H2;1H. The molecule has 2 aromatic rings. The first-order valence-electron chi connectivity index (χ1n) is 7.14. The van der Waals surface area contributed by atoms with Crippen LogP contribution in [0.4, 0.5) is 4.39 Å². The average Bonchev–Trinajstić information content (AvgIpc) is 2.58. The van der Waals surface area contributed by atoms with Crippen LogP contribution >= 0.6 is 35.6 Å². The van der Waals surface area contributed by atoms with E-state index in [1.807, 2.05) is 12.1 Å². The summed E-state index contributed by atoms with van der Waals surface area (Å²) in [5.41, 5.74) is 1.03. The number of carbonyl (C=O) groups excluding carboxylic acids is 1. The molecule has 1 fully saturated rings. The summed E-state index contributed by atoms with van der Waals surface area (Å²) >= 11 is 11.8. The van der Waals surface area contributed by atoms with Crippen molar-refractivity contribution in [2.45, 2.75) is 6.04 Å². The van der Waals surface area contributed by atoms with Gasteiger partial charge in [0.05, 0.1) is 21.7 Å². The first kappa shape index (κ1) is 18.9. The van der Waals surface area contributed by atoms with E-state index in [0.717, 1.165) is 11.6 Å². The fourth-order valence-electron chi connectivity index (χ4n) is 2.66. The Kier molecular flexibility index (Phi) is 6.40. The minimum atomic E-state index is -0.660. The molecule has 3 rings (SSSR count). The fourth-order valence-corrected chi connectivity index (χ4v) is 3.12. The number of nitrogens with zero attached hydrogens (tertiary/aromatic N) is 2. The lowest BCUT2D eigenvalue weighted by molar-refractivity contribution is 0.0633. The van der Waals surface area contributed by atoms with Crippen molar-refractivity contribution in [1.29, 1.82) is 0 Å². The van der Waals surface area contributed by atoms with Crippen LogP contribution in [-0.4, -0.2) is 35.4 Å². The van der Waals surface area contributed by atoms with Crippen molar-refractivity contribution >= 4 is 41.5 Å². The number of piperazine rings is 1. The number of nitrogens with one attached hydrogen (secondary N) is 1. The van der Waals surface area contributed by atoms with Gasteiger partial charge in [-0.15, -0.1) is 12.4 Å². The molecule has 4 nitrogen and oxygen atoms in total. The van der Waals surface area contributed by atoms with Crippen LogP contribution in [0.1, 0.15) is 22.0 Å². The molecule has 0 bridgehead atoms. The van der Waals surface area contributed by atoms with Crippen molar-refractivity contribution in [2.24, 2.45) is 0 Å². The smallest absolute Gasteiger partial charge is 0.256 e. The molecule has 0 radical (unpaired) electrons. The van der Waals surface area contributed by atoms with Gasteiger partial charge in [-0.25, -0.2) is 4.39 Å². The maximum atomic E-state index is 13.7. The van der Waals surface area contributed by atoms with Crippen molar-refractivity contribution in [2.75, 3.05) is 19.6 Å². The van der Waals surface area contributed by atoms with Crippen LogP contribution in [0.5, 0.6) is 0 Å². The van der Waals surface area contributed by atoms with E-state index in [9.17, 15) is 9.18 Å². The Morgan fingerprint density at radius 3 is 2.83 bits per heavy atom. The Morgan fingerprint density at radius 1 is 1.33 bits per heavy atom. The number of halogens is 4. The average molecular weight is 391 g/mol. The van der Waals surface area contributed by atoms with E-state index in [1.54, 1.807) is 17.3 Å². The molecule has 1 atom stereocenters. The highest BCUT2D eigenvalue weighted by atomic mass is 35.5. The van der Waals surface area contributed by atoms with Crippen LogP contribution < -0.4 is 5.32 Å². The van der Waals surface area contributed by atoms with Gasteiger partial charge in [0.1, 0.15) is 5.82 Å². The van der Waals surface area contributed by atoms with Crippen molar-refractivity contribution in [3.63, 3.8) is 0 Å². The molecule has 8 heteroatoms. The number of aromatic nitrogens is 1. The van der Waals surface area contributed by atoms with Gasteiger partial charge in [-0.1, -0.05) is 29.3 Å². The first-order valence-corrected chi connectivity index (χ1v) is 7.89. The van der Waals surface area contributed by atoms with E-state index in [2.05, 4.69) is 10.3 Å². The molecule has 1 aliphatic rings. The Hall–Kier alpha value is -1.40. The Bertz CT molecular complexity index is 730. The zero-order valence-corrected chi connectivity index (χ0v) is 14.8. The predicted octanol–water partition coefficient (Wildman–Crippen LogP) is 3.74. The molecule has 0 saturated carbocycles. The summed E-state index contributed by atoms with van der Waals surface area (Å²) in [6.07, 6.45) is 3.40. The van der Waals surface area contributed by atoms with E-state index >= 15 is 0 Å². The molecule has 1 saturated heterocycles. The summed E-state index contributed by atoms with van der Waals surface area (Å²) < 4.78 is 13.7. The van der Waals surface area contributed by atoms with Crippen molar-refractivity contribution in [1.82, 2.24) is 15.2 Å². The van der Waals surface area contributed by atoms with Gasteiger partial charge in [0.2, 0.25) is 0 Å².